The monoisotopic (exact) mass is 339 g/mol. The van der Waals surface area contributed by atoms with E-state index in [1.54, 1.807) is 0 Å². The van der Waals surface area contributed by atoms with Gasteiger partial charge in [-0.15, -0.1) is 0 Å². The molecule has 12 nitrogen and oxygen atoms in total. The molecule has 2 heterocycles. The van der Waals surface area contributed by atoms with E-state index in [1.165, 1.54) is 0 Å². The molecule has 0 radical (unpaired) electrons. The van der Waals surface area contributed by atoms with E-state index in [2.05, 4.69) is 9.62 Å². The number of carboxylic acid groups (broad SMARTS) is 1. The van der Waals surface area contributed by atoms with Crippen LogP contribution in [-0.2, 0) is 13.8 Å². The number of aliphatic hydroxyl groups is 2. The van der Waals surface area contributed by atoms with E-state index in [-0.39, 0.29) is 11.4 Å². The maximum atomic E-state index is 10.9. The second kappa shape index (κ2) is 5.93. The number of aliphatic hydroxyl groups excluding tert-OH is 2. The highest BCUT2D eigenvalue weighted by Gasteiger charge is 2.45. The van der Waals surface area contributed by atoms with Crippen molar-refractivity contribution in [3.05, 3.63) is 11.8 Å². The van der Waals surface area contributed by atoms with E-state index >= 15 is 0 Å². The Morgan fingerprint density at radius 1 is 1.45 bits per heavy atom. The predicted molar refractivity (Wildman–Crippen MR) is 67.5 cm³/mol. The van der Waals surface area contributed by atoms with Crippen LogP contribution in [0.1, 0.15) is 16.6 Å². The van der Waals surface area contributed by atoms with Gasteiger partial charge in [-0.2, -0.15) is 5.10 Å². The SMILES string of the molecule is Nc1c(C(=O)O)cnn1[C@@H]1O[C@H](COP(=O)(O)O)[C@@H](O)[C@H]1O. The number of nitrogen functional groups attached to an aromatic ring is 1. The lowest BCUT2D eigenvalue weighted by atomic mass is 10.1. The fourth-order valence-electron chi connectivity index (χ4n) is 1.98. The largest absolute Gasteiger partial charge is 0.477 e. The Kier molecular flexibility index (Phi) is 4.54. The minimum atomic E-state index is -4.77. The predicted octanol–water partition coefficient (Wildman–Crippen LogP) is -2.11. The van der Waals surface area contributed by atoms with Crippen molar-refractivity contribution < 1.29 is 43.7 Å². The first-order valence-electron chi connectivity index (χ1n) is 5.89. The van der Waals surface area contributed by atoms with E-state index in [4.69, 9.17) is 25.4 Å². The standard InChI is InChI=1S/C9H14N3O9P/c10-7-3(9(15)16)1-11-12(7)8-6(14)5(13)4(21-8)2-20-22(17,18)19/h1,4-6,8,13-14H,2,10H2,(H,15,16)(H2,17,18,19)/t4-,5-,6-,8-/m1/s1. The van der Waals surface area contributed by atoms with Crippen LogP contribution in [0.15, 0.2) is 6.20 Å². The van der Waals surface area contributed by atoms with Crippen LogP contribution in [0.4, 0.5) is 5.82 Å². The lowest BCUT2D eigenvalue weighted by Gasteiger charge is -2.16. The number of anilines is 1. The number of nitrogens with two attached hydrogens (primary N) is 1. The number of phosphoric ester groups is 1. The van der Waals surface area contributed by atoms with Gasteiger partial charge in [-0.05, 0) is 0 Å². The average Bonchev–Trinajstić information content (AvgIpc) is 2.90. The number of hydrogen-bond acceptors (Lipinski definition) is 8. The maximum absolute atomic E-state index is 10.9. The zero-order valence-electron chi connectivity index (χ0n) is 10.9. The zero-order valence-corrected chi connectivity index (χ0v) is 11.8. The maximum Gasteiger partial charge on any atom is 0.469 e. The summed E-state index contributed by atoms with van der Waals surface area (Å²) in [5.41, 5.74) is 5.25. The van der Waals surface area contributed by atoms with Gasteiger partial charge in [0.05, 0.1) is 12.8 Å². The summed E-state index contributed by atoms with van der Waals surface area (Å²) in [5.74, 6) is -1.64. The minimum Gasteiger partial charge on any atom is -0.477 e. The molecule has 1 aliphatic rings. The Labute approximate surface area is 122 Å². The van der Waals surface area contributed by atoms with Crippen molar-refractivity contribution in [1.29, 1.82) is 0 Å². The highest BCUT2D eigenvalue weighted by Crippen LogP contribution is 2.38. The molecule has 0 unspecified atom stereocenters. The fourth-order valence-corrected chi connectivity index (χ4v) is 2.32. The molecule has 4 atom stereocenters. The molecule has 1 aromatic heterocycles. The highest BCUT2D eigenvalue weighted by atomic mass is 31.2. The van der Waals surface area contributed by atoms with Crippen molar-refractivity contribution in [2.75, 3.05) is 12.3 Å². The first-order chi connectivity index (χ1) is 10.1. The van der Waals surface area contributed by atoms with Crippen molar-refractivity contribution in [3.63, 3.8) is 0 Å². The molecule has 124 valence electrons. The normalized spacial score (nSPS) is 28.9. The van der Waals surface area contributed by atoms with Gasteiger partial charge in [-0.1, -0.05) is 0 Å². The Morgan fingerprint density at radius 2 is 2.09 bits per heavy atom. The molecule has 1 fully saturated rings. The number of rotatable bonds is 5. The van der Waals surface area contributed by atoms with Crippen molar-refractivity contribution in [2.45, 2.75) is 24.5 Å². The molecule has 2 rings (SSSR count). The molecule has 13 heteroatoms. The zero-order chi connectivity index (χ0) is 16.7. The molecule has 0 aromatic carbocycles. The van der Waals surface area contributed by atoms with Crippen LogP contribution in [0.3, 0.4) is 0 Å². The molecule has 0 aliphatic carbocycles. The van der Waals surface area contributed by atoms with Crippen LogP contribution in [0.5, 0.6) is 0 Å². The smallest absolute Gasteiger partial charge is 0.469 e. The van der Waals surface area contributed by atoms with Crippen LogP contribution < -0.4 is 5.73 Å². The van der Waals surface area contributed by atoms with E-state index in [1.807, 2.05) is 0 Å². The third kappa shape index (κ3) is 3.28. The summed E-state index contributed by atoms with van der Waals surface area (Å²) in [6, 6.07) is 0. The average molecular weight is 339 g/mol. The lowest BCUT2D eigenvalue weighted by Crippen LogP contribution is -2.34. The Morgan fingerprint density at radius 3 is 2.59 bits per heavy atom. The first-order valence-corrected chi connectivity index (χ1v) is 7.43. The van der Waals surface area contributed by atoms with Crippen LogP contribution in [0.2, 0.25) is 0 Å². The van der Waals surface area contributed by atoms with Gasteiger partial charge in [0.2, 0.25) is 0 Å². The summed E-state index contributed by atoms with van der Waals surface area (Å²) in [6.07, 6.45) is -4.72. The molecule has 0 bridgehead atoms. The molecule has 0 spiro atoms. The second-order valence-corrected chi connectivity index (χ2v) is 5.77. The summed E-state index contributed by atoms with van der Waals surface area (Å²) >= 11 is 0. The van der Waals surface area contributed by atoms with Gasteiger partial charge >= 0.3 is 13.8 Å². The van der Waals surface area contributed by atoms with Gasteiger partial charge in [-0.25, -0.2) is 14.0 Å². The summed E-state index contributed by atoms with van der Waals surface area (Å²) in [4.78, 5) is 28.1. The highest BCUT2D eigenvalue weighted by molar-refractivity contribution is 7.46. The Bertz CT molecular complexity index is 613. The van der Waals surface area contributed by atoms with Crippen molar-refractivity contribution in [1.82, 2.24) is 9.78 Å². The molecule has 1 saturated heterocycles. The molecule has 22 heavy (non-hydrogen) atoms. The third-order valence-electron chi connectivity index (χ3n) is 3.05. The molecular formula is C9H14N3O9P. The summed E-state index contributed by atoms with van der Waals surface area (Å²) < 4.78 is 20.9. The third-order valence-corrected chi connectivity index (χ3v) is 3.54. The van der Waals surface area contributed by atoms with Crippen LogP contribution in [0, 0.1) is 0 Å². The molecule has 7 N–H and O–H groups in total. The first kappa shape index (κ1) is 16.8. The Balaban J connectivity index is 2.16. The van der Waals surface area contributed by atoms with E-state index < -0.39 is 44.9 Å². The number of nitrogens with zero attached hydrogens (tertiary/aromatic N) is 2. The van der Waals surface area contributed by atoms with Gasteiger partial charge in [-0.3, -0.25) is 4.52 Å². The number of aromatic carboxylic acids is 1. The molecule has 0 amide bonds. The van der Waals surface area contributed by atoms with Gasteiger partial charge < -0.3 is 35.6 Å². The van der Waals surface area contributed by atoms with Crippen molar-refractivity contribution in [3.8, 4) is 0 Å². The number of aromatic nitrogens is 2. The number of carbonyl (C=O) groups is 1. The van der Waals surface area contributed by atoms with Gasteiger partial charge in [0, 0.05) is 0 Å². The minimum absolute atomic E-state index is 0.305. The molecular weight excluding hydrogens is 325 g/mol. The number of ether oxygens (including phenoxy) is 1. The number of carboxylic acids is 1. The lowest BCUT2D eigenvalue weighted by molar-refractivity contribution is -0.0567. The van der Waals surface area contributed by atoms with Crippen molar-refractivity contribution >= 4 is 19.6 Å². The number of hydrogen-bond donors (Lipinski definition) is 6. The summed E-state index contributed by atoms with van der Waals surface area (Å²) in [5, 5.41) is 32.2. The molecule has 1 aliphatic heterocycles. The molecule has 1 aromatic rings. The van der Waals surface area contributed by atoms with Gasteiger partial charge in [0.1, 0.15) is 29.7 Å². The quantitative estimate of drug-likeness (QED) is 0.321. The number of phosphoric acid groups is 1. The van der Waals surface area contributed by atoms with E-state index in [0.29, 0.717) is 0 Å². The summed E-state index contributed by atoms with van der Waals surface area (Å²) in [6.45, 7) is -0.689. The molecule has 0 saturated carbocycles. The van der Waals surface area contributed by atoms with E-state index in [9.17, 15) is 19.6 Å². The topological polar surface area (TPSA) is 198 Å². The van der Waals surface area contributed by atoms with Crippen molar-refractivity contribution in [2.24, 2.45) is 0 Å². The van der Waals surface area contributed by atoms with Crippen LogP contribution in [0.25, 0.3) is 0 Å². The Hall–Kier alpha value is -1.53. The van der Waals surface area contributed by atoms with E-state index in [0.717, 1.165) is 10.9 Å². The van der Waals surface area contributed by atoms with Crippen LogP contribution in [-0.4, -0.2) is 65.8 Å². The fraction of sp³-hybridized carbons (Fsp3) is 0.556. The van der Waals surface area contributed by atoms with Crippen LogP contribution >= 0.6 is 7.82 Å². The van der Waals surface area contributed by atoms with Gasteiger partial charge in [0.25, 0.3) is 0 Å². The van der Waals surface area contributed by atoms with Gasteiger partial charge in [0.15, 0.2) is 6.23 Å². The summed E-state index contributed by atoms with van der Waals surface area (Å²) in [7, 11) is -4.77. The second-order valence-electron chi connectivity index (χ2n) is 4.53.